The lowest BCUT2D eigenvalue weighted by Gasteiger charge is -2.34. The Morgan fingerprint density at radius 2 is 1.33 bits per heavy atom. The van der Waals surface area contributed by atoms with E-state index in [1.165, 1.54) is 4.90 Å². The van der Waals surface area contributed by atoms with Gasteiger partial charge in [0.05, 0.1) is 10.6 Å². The molecule has 218 valence electrons. The Morgan fingerprint density at radius 1 is 0.762 bits per heavy atom. The minimum atomic E-state index is -4.12. The van der Waals surface area contributed by atoms with Gasteiger partial charge in [-0.2, -0.15) is 0 Å². The van der Waals surface area contributed by atoms with Gasteiger partial charge >= 0.3 is 0 Å². The van der Waals surface area contributed by atoms with E-state index in [9.17, 15) is 18.0 Å². The van der Waals surface area contributed by atoms with Gasteiger partial charge < -0.3 is 10.2 Å². The van der Waals surface area contributed by atoms with E-state index < -0.39 is 28.5 Å². The molecule has 0 saturated heterocycles. The maximum atomic E-state index is 14.4. The number of rotatable bonds is 12. The number of benzene rings is 4. The normalized spacial score (nSPS) is 11.9. The van der Waals surface area contributed by atoms with Gasteiger partial charge in [-0.15, -0.1) is 0 Å². The molecular formula is C34H37N3O4S. The SMILES string of the molecule is CCNC(=O)C(Cc1ccccc1)N(Cc1ccccc1)C(=O)CN(c1ccccc1C)S(=O)(=O)c1ccc(C)cc1. The Morgan fingerprint density at radius 3 is 1.93 bits per heavy atom. The number of likely N-dealkylation sites (N-methyl/N-ethyl adjacent to an activating group) is 1. The molecule has 0 fully saturated rings. The fraction of sp³-hybridized carbons (Fsp3) is 0.235. The van der Waals surface area contributed by atoms with Crippen LogP contribution in [-0.4, -0.2) is 44.3 Å². The standard InChI is InChI=1S/C34H37N3O4S/c1-4-35-34(39)32(23-28-14-7-5-8-15-28)36(24-29-16-9-6-10-17-29)33(38)25-37(31-18-12-11-13-27(31)3)42(40,41)30-21-19-26(2)20-22-30/h5-22,32H,4,23-25H2,1-3H3,(H,35,39). The molecule has 8 heteroatoms. The van der Waals surface area contributed by atoms with Crippen molar-refractivity contribution in [3.63, 3.8) is 0 Å². The van der Waals surface area contributed by atoms with Crippen molar-refractivity contribution in [3.05, 3.63) is 131 Å². The topological polar surface area (TPSA) is 86.8 Å². The van der Waals surface area contributed by atoms with Crippen LogP contribution in [0.15, 0.2) is 114 Å². The lowest BCUT2D eigenvalue weighted by Crippen LogP contribution is -2.53. The number of hydrogen-bond acceptors (Lipinski definition) is 4. The van der Waals surface area contributed by atoms with E-state index in [4.69, 9.17) is 0 Å². The molecule has 0 aromatic heterocycles. The van der Waals surface area contributed by atoms with Crippen LogP contribution in [0.3, 0.4) is 0 Å². The van der Waals surface area contributed by atoms with Gasteiger partial charge in [0, 0.05) is 19.5 Å². The molecule has 2 amide bonds. The lowest BCUT2D eigenvalue weighted by atomic mass is 10.0. The van der Waals surface area contributed by atoms with Crippen LogP contribution in [0.25, 0.3) is 0 Å². The van der Waals surface area contributed by atoms with Gasteiger partial charge in [-0.05, 0) is 55.7 Å². The summed E-state index contributed by atoms with van der Waals surface area (Å²) in [5, 5.41) is 2.88. The number of carbonyl (C=O) groups is 2. The van der Waals surface area contributed by atoms with E-state index in [0.29, 0.717) is 17.8 Å². The third-order valence-electron chi connectivity index (χ3n) is 7.09. The Bertz CT molecular complexity index is 1590. The van der Waals surface area contributed by atoms with E-state index in [-0.39, 0.29) is 23.8 Å². The predicted molar refractivity (Wildman–Crippen MR) is 166 cm³/mol. The molecule has 0 bridgehead atoms. The first-order chi connectivity index (χ1) is 20.2. The maximum Gasteiger partial charge on any atom is 0.264 e. The molecule has 0 aliphatic carbocycles. The van der Waals surface area contributed by atoms with Crippen LogP contribution in [0.2, 0.25) is 0 Å². The van der Waals surface area contributed by atoms with Crippen molar-refractivity contribution in [1.82, 2.24) is 10.2 Å². The third-order valence-corrected chi connectivity index (χ3v) is 8.86. The van der Waals surface area contributed by atoms with Gasteiger partial charge in [-0.25, -0.2) is 8.42 Å². The van der Waals surface area contributed by atoms with Crippen molar-refractivity contribution in [2.75, 3.05) is 17.4 Å². The van der Waals surface area contributed by atoms with Crippen molar-refractivity contribution in [3.8, 4) is 0 Å². The number of aryl methyl sites for hydroxylation is 2. The number of amides is 2. The number of nitrogens with one attached hydrogen (secondary N) is 1. The molecule has 1 atom stereocenters. The van der Waals surface area contributed by atoms with Crippen LogP contribution in [0.5, 0.6) is 0 Å². The Balaban J connectivity index is 1.79. The molecule has 1 unspecified atom stereocenters. The van der Waals surface area contributed by atoms with Crippen LogP contribution in [0.4, 0.5) is 5.69 Å². The second kappa shape index (κ2) is 14.0. The van der Waals surface area contributed by atoms with Crippen LogP contribution in [0, 0.1) is 13.8 Å². The number of nitrogens with zero attached hydrogens (tertiary/aromatic N) is 2. The summed E-state index contributed by atoms with van der Waals surface area (Å²) in [6, 6.07) is 31.7. The predicted octanol–water partition coefficient (Wildman–Crippen LogP) is 5.27. The summed E-state index contributed by atoms with van der Waals surface area (Å²) in [7, 11) is -4.12. The van der Waals surface area contributed by atoms with Crippen molar-refractivity contribution in [2.24, 2.45) is 0 Å². The molecule has 42 heavy (non-hydrogen) atoms. The monoisotopic (exact) mass is 583 g/mol. The zero-order valence-electron chi connectivity index (χ0n) is 24.2. The van der Waals surface area contributed by atoms with Crippen LogP contribution < -0.4 is 9.62 Å². The molecular weight excluding hydrogens is 546 g/mol. The fourth-order valence-electron chi connectivity index (χ4n) is 4.82. The number of sulfonamides is 1. The van der Waals surface area contributed by atoms with Crippen LogP contribution in [-0.2, 0) is 32.6 Å². The molecule has 0 aliphatic heterocycles. The molecule has 7 nitrogen and oxygen atoms in total. The quantitative estimate of drug-likeness (QED) is 0.246. The summed E-state index contributed by atoms with van der Waals surface area (Å²) >= 11 is 0. The highest BCUT2D eigenvalue weighted by Gasteiger charge is 2.34. The van der Waals surface area contributed by atoms with E-state index in [0.717, 1.165) is 21.0 Å². The zero-order valence-corrected chi connectivity index (χ0v) is 25.1. The smallest absolute Gasteiger partial charge is 0.264 e. The highest BCUT2D eigenvalue weighted by molar-refractivity contribution is 7.92. The van der Waals surface area contributed by atoms with Gasteiger partial charge in [0.1, 0.15) is 12.6 Å². The molecule has 0 spiro atoms. The van der Waals surface area contributed by atoms with E-state index in [1.807, 2.05) is 93.6 Å². The molecule has 0 heterocycles. The summed E-state index contributed by atoms with van der Waals surface area (Å²) in [6.45, 7) is 5.59. The number of anilines is 1. The first-order valence-corrected chi connectivity index (χ1v) is 15.4. The van der Waals surface area contributed by atoms with Gasteiger partial charge in [0.2, 0.25) is 11.8 Å². The first kappa shape index (κ1) is 30.5. The molecule has 4 aromatic carbocycles. The summed E-state index contributed by atoms with van der Waals surface area (Å²) in [4.78, 5) is 29.5. The highest BCUT2D eigenvalue weighted by atomic mass is 32.2. The Hall–Kier alpha value is -4.43. The minimum Gasteiger partial charge on any atom is -0.355 e. The van der Waals surface area contributed by atoms with Crippen molar-refractivity contribution >= 4 is 27.5 Å². The van der Waals surface area contributed by atoms with Gasteiger partial charge in [0.25, 0.3) is 10.0 Å². The van der Waals surface area contributed by atoms with Crippen LogP contribution >= 0.6 is 0 Å². The Labute approximate surface area is 248 Å². The Kier molecular flexibility index (Phi) is 10.1. The summed E-state index contributed by atoms with van der Waals surface area (Å²) in [5.41, 5.74) is 3.76. The number of carbonyl (C=O) groups excluding carboxylic acids is 2. The van der Waals surface area contributed by atoms with E-state index >= 15 is 0 Å². The molecule has 4 aromatic rings. The highest BCUT2D eigenvalue weighted by Crippen LogP contribution is 2.28. The number of para-hydroxylation sites is 1. The minimum absolute atomic E-state index is 0.0864. The number of hydrogen-bond donors (Lipinski definition) is 1. The zero-order chi connectivity index (χ0) is 30.1. The third kappa shape index (κ3) is 7.44. The molecule has 0 radical (unpaired) electrons. The largest absolute Gasteiger partial charge is 0.355 e. The maximum absolute atomic E-state index is 14.4. The average Bonchev–Trinajstić information content (AvgIpc) is 2.99. The fourth-order valence-corrected chi connectivity index (χ4v) is 6.30. The van der Waals surface area contributed by atoms with Gasteiger partial charge in [-0.1, -0.05) is 96.6 Å². The van der Waals surface area contributed by atoms with Crippen LogP contribution in [0.1, 0.15) is 29.2 Å². The summed E-state index contributed by atoms with van der Waals surface area (Å²) in [6.07, 6.45) is 0.278. The molecule has 4 rings (SSSR count). The second-order valence-electron chi connectivity index (χ2n) is 10.2. The summed E-state index contributed by atoms with van der Waals surface area (Å²) in [5.74, 6) is -0.778. The molecule has 0 aliphatic rings. The van der Waals surface area contributed by atoms with Crippen molar-refractivity contribution in [2.45, 2.75) is 44.7 Å². The molecule has 0 saturated carbocycles. The van der Waals surface area contributed by atoms with Crippen molar-refractivity contribution in [1.29, 1.82) is 0 Å². The average molecular weight is 584 g/mol. The van der Waals surface area contributed by atoms with Gasteiger partial charge in [0.15, 0.2) is 0 Å². The lowest BCUT2D eigenvalue weighted by molar-refractivity contribution is -0.140. The first-order valence-electron chi connectivity index (χ1n) is 14.0. The van der Waals surface area contributed by atoms with E-state index in [1.54, 1.807) is 36.4 Å². The molecule has 1 N–H and O–H groups in total. The van der Waals surface area contributed by atoms with Crippen molar-refractivity contribution < 1.29 is 18.0 Å². The second-order valence-corrected chi connectivity index (χ2v) is 12.1. The van der Waals surface area contributed by atoms with E-state index in [2.05, 4.69) is 5.32 Å². The van der Waals surface area contributed by atoms with Gasteiger partial charge in [-0.3, -0.25) is 13.9 Å². The summed E-state index contributed by atoms with van der Waals surface area (Å²) < 4.78 is 29.3.